The zero-order chi connectivity index (χ0) is 23.2. The van der Waals surface area contributed by atoms with Crippen LogP contribution in [0.3, 0.4) is 0 Å². The summed E-state index contributed by atoms with van der Waals surface area (Å²) >= 11 is 0. The lowest BCUT2D eigenvalue weighted by Gasteiger charge is -2.44. The van der Waals surface area contributed by atoms with Crippen molar-refractivity contribution < 1.29 is 19.0 Å². The van der Waals surface area contributed by atoms with Crippen molar-refractivity contribution in [2.24, 2.45) is 11.3 Å². The predicted molar refractivity (Wildman–Crippen MR) is 128 cm³/mol. The summed E-state index contributed by atoms with van der Waals surface area (Å²) < 4.78 is 16.8. The summed E-state index contributed by atoms with van der Waals surface area (Å²) in [4.78, 5) is 15.3. The molecule has 176 valence electrons. The molecule has 3 fully saturated rings. The fraction of sp³-hybridized carbons (Fsp3) is 0.519. The maximum absolute atomic E-state index is 12.9. The van der Waals surface area contributed by atoms with Gasteiger partial charge in [-0.3, -0.25) is 4.90 Å². The Morgan fingerprint density at radius 3 is 2.30 bits per heavy atom. The third kappa shape index (κ3) is 4.29. The van der Waals surface area contributed by atoms with Crippen LogP contribution < -0.4 is 14.8 Å². The van der Waals surface area contributed by atoms with Crippen LogP contribution in [0.15, 0.2) is 36.4 Å². The molecule has 6 heteroatoms. The monoisotopic (exact) mass is 450 g/mol. The lowest BCUT2D eigenvalue weighted by atomic mass is 9.85. The number of rotatable bonds is 5. The largest absolute Gasteiger partial charge is 0.497 e. The second-order valence-corrected chi connectivity index (χ2v) is 10.3. The normalized spacial score (nSPS) is 27.0. The predicted octanol–water partition coefficient (Wildman–Crippen LogP) is 4.81. The second-order valence-electron chi connectivity index (χ2n) is 10.3. The van der Waals surface area contributed by atoms with Crippen molar-refractivity contribution in [3.8, 4) is 22.6 Å². The Bertz CT molecular complexity index is 1020. The molecule has 4 aliphatic rings. The molecule has 2 atom stereocenters. The van der Waals surface area contributed by atoms with Gasteiger partial charge in [0, 0.05) is 12.6 Å². The van der Waals surface area contributed by atoms with Gasteiger partial charge < -0.3 is 19.5 Å². The van der Waals surface area contributed by atoms with Gasteiger partial charge in [-0.05, 0) is 78.1 Å². The molecule has 6 rings (SSSR count). The zero-order valence-electron chi connectivity index (χ0n) is 20.0. The molecule has 3 saturated heterocycles. The summed E-state index contributed by atoms with van der Waals surface area (Å²) in [6.45, 7) is 7.56. The number of piperidine rings is 3. The highest BCUT2D eigenvalue weighted by Gasteiger charge is 2.42. The van der Waals surface area contributed by atoms with Crippen molar-refractivity contribution in [2.45, 2.75) is 45.3 Å². The van der Waals surface area contributed by atoms with Crippen LogP contribution in [0.5, 0.6) is 11.5 Å². The molecule has 6 nitrogen and oxygen atoms in total. The van der Waals surface area contributed by atoms with Gasteiger partial charge in [0.1, 0.15) is 17.6 Å². The first-order valence-electron chi connectivity index (χ1n) is 11.9. The number of amides is 1. The first kappa shape index (κ1) is 22.1. The van der Waals surface area contributed by atoms with Gasteiger partial charge in [-0.2, -0.15) is 0 Å². The van der Waals surface area contributed by atoms with Crippen LogP contribution in [0.2, 0.25) is 0 Å². The number of nitrogens with zero attached hydrogens (tertiary/aromatic N) is 1. The molecular weight excluding hydrogens is 416 g/mol. The Morgan fingerprint density at radius 1 is 1.00 bits per heavy atom. The van der Waals surface area contributed by atoms with Crippen molar-refractivity contribution in [3.63, 3.8) is 0 Å². The number of fused-ring (bicyclic) bond motifs is 4. The minimum absolute atomic E-state index is 0.0157. The molecule has 0 saturated carbocycles. The third-order valence-corrected chi connectivity index (χ3v) is 7.68. The number of carbonyl (C=O) groups excluding carboxylic acids is 1. The smallest absolute Gasteiger partial charge is 0.407 e. The molecule has 1 aliphatic carbocycles. The number of hydrogen-bond donors (Lipinski definition) is 1. The number of ether oxygens (including phenoxy) is 3. The maximum atomic E-state index is 12.9. The van der Waals surface area contributed by atoms with Gasteiger partial charge >= 0.3 is 6.09 Å². The lowest BCUT2D eigenvalue weighted by molar-refractivity contribution is -0.0348. The quantitative estimate of drug-likeness (QED) is 0.708. The molecule has 1 amide bonds. The van der Waals surface area contributed by atoms with Crippen molar-refractivity contribution in [1.29, 1.82) is 0 Å². The third-order valence-electron chi connectivity index (χ3n) is 7.68. The van der Waals surface area contributed by atoms with Crippen LogP contribution in [-0.2, 0) is 11.2 Å². The minimum Gasteiger partial charge on any atom is -0.497 e. The molecule has 1 N–H and O–H groups in total. The molecule has 0 radical (unpaired) electrons. The standard InChI is InChI=1S/C27H34N2O4/c1-27(2)15-20-11-18(19-12-21(31-3)14-22(13-19)32-4)5-6-23(20)25(27)28-26(30)33-24-16-29-9-7-17(24)8-10-29/h5-6,11-14,17,24-25H,7-10,15-16H2,1-4H3,(H,28,30)/t24-,25?/m0/s1. The van der Waals surface area contributed by atoms with Gasteiger partial charge in [0.15, 0.2) is 0 Å². The molecule has 2 bridgehead atoms. The number of hydrogen-bond acceptors (Lipinski definition) is 5. The van der Waals surface area contributed by atoms with E-state index in [1.165, 1.54) is 11.1 Å². The van der Waals surface area contributed by atoms with Gasteiger partial charge in [-0.15, -0.1) is 0 Å². The molecule has 33 heavy (non-hydrogen) atoms. The molecule has 3 heterocycles. The van der Waals surface area contributed by atoms with E-state index in [1.54, 1.807) is 14.2 Å². The fourth-order valence-corrected chi connectivity index (χ4v) is 5.81. The van der Waals surface area contributed by atoms with E-state index in [9.17, 15) is 4.79 Å². The van der Waals surface area contributed by atoms with E-state index < -0.39 is 0 Å². The lowest BCUT2D eigenvalue weighted by Crippen LogP contribution is -2.53. The van der Waals surface area contributed by atoms with Crippen LogP contribution in [0.4, 0.5) is 4.79 Å². The average molecular weight is 451 g/mol. The van der Waals surface area contributed by atoms with Gasteiger partial charge in [-0.25, -0.2) is 4.79 Å². The molecule has 2 aromatic rings. The highest BCUT2D eigenvalue weighted by atomic mass is 16.6. The first-order valence-corrected chi connectivity index (χ1v) is 11.9. The highest BCUT2D eigenvalue weighted by Crippen LogP contribution is 2.46. The van der Waals surface area contributed by atoms with Crippen LogP contribution in [-0.4, -0.2) is 51.0 Å². The molecule has 0 aromatic heterocycles. The van der Waals surface area contributed by atoms with E-state index in [0.29, 0.717) is 5.92 Å². The highest BCUT2D eigenvalue weighted by molar-refractivity contribution is 5.71. The van der Waals surface area contributed by atoms with Crippen LogP contribution >= 0.6 is 0 Å². The van der Waals surface area contributed by atoms with Crippen molar-refractivity contribution in [2.75, 3.05) is 33.9 Å². The summed E-state index contributed by atoms with van der Waals surface area (Å²) in [6, 6.07) is 12.3. The first-order chi connectivity index (χ1) is 15.9. The van der Waals surface area contributed by atoms with Crippen LogP contribution in [0.1, 0.15) is 43.9 Å². The van der Waals surface area contributed by atoms with E-state index in [4.69, 9.17) is 14.2 Å². The number of methoxy groups -OCH3 is 2. The van der Waals surface area contributed by atoms with E-state index in [0.717, 1.165) is 61.5 Å². The van der Waals surface area contributed by atoms with Gasteiger partial charge in [0.25, 0.3) is 0 Å². The molecule has 1 unspecified atom stereocenters. The van der Waals surface area contributed by atoms with Crippen molar-refractivity contribution in [1.82, 2.24) is 10.2 Å². The van der Waals surface area contributed by atoms with Crippen molar-refractivity contribution >= 4 is 6.09 Å². The SMILES string of the molecule is COc1cc(OC)cc(-c2ccc3c(c2)CC(C)(C)C3NC(=O)O[C@H]2CN3CCC2CC3)c1. The second kappa shape index (κ2) is 8.56. The number of carbonyl (C=O) groups is 1. The summed E-state index contributed by atoms with van der Waals surface area (Å²) in [5.74, 6) is 2.03. The van der Waals surface area contributed by atoms with Crippen LogP contribution in [0, 0.1) is 11.3 Å². The van der Waals surface area contributed by atoms with Crippen LogP contribution in [0.25, 0.3) is 11.1 Å². The summed E-state index contributed by atoms with van der Waals surface area (Å²) in [7, 11) is 3.32. The summed E-state index contributed by atoms with van der Waals surface area (Å²) in [6.07, 6.45) is 2.88. The maximum Gasteiger partial charge on any atom is 0.407 e. The molecule has 2 aromatic carbocycles. The zero-order valence-corrected chi connectivity index (χ0v) is 20.0. The number of alkyl carbamates (subject to hydrolysis) is 1. The topological polar surface area (TPSA) is 60.0 Å². The Hall–Kier alpha value is -2.73. The molecule has 0 spiro atoms. The van der Waals surface area contributed by atoms with Crippen molar-refractivity contribution in [3.05, 3.63) is 47.5 Å². The Morgan fingerprint density at radius 2 is 1.70 bits per heavy atom. The average Bonchev–Trinajstić information content (AvgIpc) is 3.07. The van der Waals surface area contributed by atoms with Gasteiger partial charge in [-0.1, -0.05) is 32.0 Å². The van der Waals surface area contributed by atoms with Gasteiger partial charge in [0.2, 0.25) is 0 Å². The Balaban J connectivity index is 1.35. The number of benzene rings is 2. The van der Waals surface area contributed by atoms with E-state index >= 15 is 0 Å². The molecule has 3 aliphatic heterocycles. The summed E-state index contributed by atoms with van der Waals surface area (Å²) in [5, 5.41) is 3.21. The van der Waals surface area contributed by atoms with E-state index in [1.807, 2.05) is 18.2 Å². The minimum atomic E-state index is -0.290. The Kier molecular flexibility index (Phi) is 5.73. The molecular formula is C27H34N2O4. The van der Waals surface area contributed by atoms with E-state index in [2.05, 4.69) is 42.3 Å². The Labute approximate surface area is 196 Å². The van der Waals surface area contributed by atoms with Gasteiger partial charge in [0.05, 0.1) is 20.3 Å². The number of nitrogens with one attached hydrogen (secondary N) is 1. The summed E-state index contributed by atoms with van der Waals surface area (Å²) in [5.41, 5.74) is 4.49. The fourth-order valence-electron chi connectivity index (χ4n) is 5.81. The van der Waals surface area contributed by atoms with E-state index in [-0.39, 0.29) is 23.7 Å².